The summed E-state index contributed by atoms with van der Waals surface area (Å²) in [5.41, 5.74) is 0. The Morgan fingerprint density at radius 3 is 1.08 bits per heavy atom. The van der Waals surface area contributed by atoms with Gasteiger partial charge in [0.1, 0.15) is 0 Å². The van der Waals surface area contributed by atoms with Crippen LogP contribution in [0.2, 0.25) is 0 Å². The van der Waals surface area contributed by atoms with Gasteiger partial charge in [0.15, 0.2) is 0 Å². The zero-order valence-electron chi connectivity index (χ0n) is 8.41. The molecule has 0 aromatic carbocycles. The lowest BCUT2D eigenvalue weighted by molar-refractivity contribution is 0.130. The summed E-state index contributed by atoms with van der Waals surface area (Å²) in [5.74, 6) is 0. The van der Waals surface area contributed by atoms with Gasteiger partial charge in [-0.3, -0.25) is 0 Å². The van der Waals surface area contributed by atoms with Crippen LogP contribution >= 0.6 is 0 Å². The molecule has 2 rings (SSSR count). The van der Waals surface area contributed by atoms with Crippen molar-refractivity contribution in [3.05, 3.63) is 0 Å². The Morgan fingerprint density at radius 2 is 0.846 bits per heavy atom. The van der Waals surface area contributed by atoms with Crippen LogP contribution in [-0.2, 0) is 0 Å². The minimum atomic E-state index is 0.0359. The topological polar surface area (TPSA) is 40.5 Å². The molecular weight excluding hydrogens is 164 g/mol. The molecule has 2 aliphatic carbocycles. The molecule has 0 aliphatic heterocycles. The third-order valence-electron chi connectivity index (χ3n) is 2.90. The van der Waals surface area contributed by atoms with Crippen LogP contribution in [0.3, 0.4) is 0 Å². The highest BCUT2D eigenvalue weighted by Crippen LogP contribution is 2.16. The van der Waals surface area contributed by atoms with Gasteiger partial charge >= 0.3 is 0 Å². The minimum Gasteiger partial charge on any atom is -0.393 e. The van der Waals surface area contributed by atoms with Crippen molar-refractivity contribution in [1.82, 2.24) is 0 Å². The van der Waals surface area contributed by atoms with Gasteiger partial charge in [0.25, 0.3) is 0 Å². The molecule has 2 N–H and O–H groups in total. The maximum absolute atomic E-state index is 8.91. The summed E-state index contributed by atoms with van der Waals surface area (Å²) in [4.78, 5) is 0. The molecule has 0 atom stereocenters. The van der Waals surface area contributed by atoms with Gasteiger partial charge in [-0.1, -0.05) is 32.1 Å². The van der Waals surface area contributed by atoms with Crippen LogP contribution in [0.4, 0.5) is 0 Å². The molecule has 0 unspecified atom stereocenters. The molecule has 0 amide bonds. The standard InChI is InChI=1S/C6H12O.C5H10O/c7-6-4-2-1-3-5-6;6-5-3-1-2-4-5/h6-7H,1-5H2;5-6H,1-4H2. The van der Waals surface area contributed by atoms with Gasteiger partial charge in [-0.2, -0.15) is 0 Å². The summed E-state index contributed by atoms with van der Waals surface area (Å²) < 4.78 is 0. The Labute approximate surface area is 81.0 Å². The predicted molar refractivity (Wildman–Crippen MR) is 53.6 cm³/mol. The molecule has 78 valence electrons. The summed E-state index contributed by atoms with van der Waals surface area (Å²) in [7, 11) is 0. The lowest BCUT2D eigenvalue weighted by Gasteiger charge is -2.14. The Bertz CT molecular complexity index is 113. The predicted octanol–water partition coefficient (Wildman–Crippen LogP) is 2.23. The van der Waals surface area contributed by atoms with E-state index in [1.807, 2.05) is 0 Å². The van der Waals surface area contributed by atoms with E-state index in [0.717, 1.165) is 25.7 Å². The zero-order chi connectivity index (χ0) is 9.52. The molecule has 0 radical (unpaired) electrons. The van der Waals surface area contributed by atoms with Crippen molar-refractivity contribution in [1.29, 1.82) is 0 Å². The average Bonchev–Trinajstić information content (AvgIpc) is 2.58. The summed E-state index contributed by atoms with van der Waals surface area (Å²) >= 11 is 0. The van der Waals surface area contributed by atoms with Crippen molar-refractivity contribution in [3.63, 3.8) is 0 Å². The van der Waals surface area contributed by atoms with Crippen LogP contribution in [0.5, 0.6) is 0 Å². The number of aliphatic hydroxyl groups is 2. The molecule has 2 aliphatic rings. The van der Waals surface area contributed by atoms with E-state index in [2.05, 4.69) is 0 Å². The normalized spacial score (nSPS) is 25.4. The van der Waals surface area contributed by atoms with Crippen LogP contribution < -0.4 is 0 Å². The third kappa shape index (κ3) is 5.27. The summed E-state index contributed by atoms with van der Waals surface area (Å²) in [6, 6.07) is 0. The summed E-state index contributed by atoms with van der Waals surface area (Å²) in [6.45, 7) is 0. The van der Waals surface area contributed by atoms with Crippen molar-refractivity contribution in [2.45, 2.75) is 70.0 Å². The van der Waals surface area contributed by atoms with Crippen LogP contribution in [0.1, 0.15) is 57.8 Å². The van der Waals surface area contributed by atoms with Crippen LogP contribution in [0, 0.1) is 0 Å². The molecule has 0 heterocycles. The molecule has 2 saturated carbocycles. The molecule has 2 fully saturated rings. The second-order valence-corrected chi connectivity index (χ2v) is 4.23. The van der Waals surface area contributed by atoms with Crippen molar-refractivity contribution < 1.29 is 10.2 Å². The van der Waals surface area contributed by atoms with Crippen molar-refractivity contribution in [2.75, 3.05) is 0 Å². The van der Waals surface area contributed by atoms with E-state index < -0.39 is 0 Å². The largest absolute Gasteiger partial charge is 0.393 e. The monoisotopic (exact) mass is 186 g/mol. The number of hydrogen-bond acceptors (Lipinski definition) is 2. The second kappa shape index (κ2) is 6.39. The van der Waals surface area contributed by atoms with Crippen molar-refractivity contribution in [2.24, 2.45) is 0 Å². The van der Waals surface area contributed by atoms with Crippen LogP contribution in [0.25, 0.3) is 0 Å². The van der Waals surface area contributed by atoms with Crippen molar-refractivity contribution >= 4 is 0 Å². The van der Waals surface area contributed by atoms with E-state index in [4.69, 9.17) is 10.2 Å². The highest BCUT2D eigenvalue weighted by Gasteiger charge is 2.09. The fourth-order valence-corrected chi connectivity index (χ4v) is 1.99. The molecule has 0 saturated heterocycles. The highest BCUT2D eigenvalue weighted by molar-refractivity contribution is 4.63. The molecule has 0 aromatic heterocycles. The van der Waals surface area contributed by atoms with Gasteiger partial charge in [-0.25, -0.2) is 0 Å². The van der Waals surface area contributed by atoms with Crippen LogP contribution in [0.15, 0.2) is 0 Å². The van der Waals surface area contributed by atoms with Crippen molar-refractivity contribution in [3.8, 4) is 0 Å². The van der Waals surface area contributed by atoms with Crippen LogP contribution in [-0.4, -0.2) is 22.4 Å². The molecule has 0 bridgehead atoms. The first kappa shape index (κ1) is 11.0. The third-order valence-corrected chi connectivity index (χ3v) is 2.90. The number of rotatable bonds is 0. The molecule has 0 spiro atoms. The van der Waals surface area contributed by atoms with Gasteiger partial charge < -0.3 is 10.2 Å². The summed E-state index contributed by atoms with van der Waals surface area (Å²) in [5, 5.41) is 17.6. The lowest BCUT2D eigenvalue weighted by atomic mass is 9.98. The van der Waals surface area contributed by atoms with E-state index in [9.17, 15) is 0 Å². The quantitative estimate of drug-likeness (QED) is 0.609. The molecule has 2 heteroatoms. The molecule has 2 nitrogen and oxygen atoms in total. The first-order valence-electron chi connectivity index (χ1n) is 5.65. The Morgan fingerprint density at radius 1 is 0.538 bits per heavy atom. The van der Waals surface area contributed by atoms with Gasteiger partial charge in [-0.05, 0) is 25.7 Å². The second-order valence-electron chi connectivity index (χ2n) is 4.23. The fourth-order valence-electron chi connectivity index (χ4n) is 1.99. The number of hydrogen-bond donors (Lipinski definition) is 2. The first-order valence-corrected chi connectivity index (χ1v) is 5.65. The van der Waals surface area contributed by atoms with Gasteiger partial charge in [0, 0.05) is 0 Å². The number of aliphatic hydroxyl groups excluding tert-OH is 2. The minimum absolute atomic E-state index is 0.0359. The lowest BCUT2D eigenvalue weighted by Crippen LogP contribution is -2.09. The fraction of sp³-hybridized carbons (Fsp3) is 1.00. The maximum Gasteiger partial charge on any atom is 0.0540 e. The smallest absolute Gasteiger partial charge is 0.0540 e. The van der Waals surface area contributed by atoms with Gasteiger partial charge in [-0.15, -0.1) is 0 Å². The van der Waals surface area contributed by atoms with Gasteiger partial charge in [0.05, 0.1) is 12.2 Å². The summed E-state index contributed by atoms with van der Waals surface area (Å²) in [6.07, 6.45) is 10.5. The highest BCUT2D eigenvalue weighted by atomic mass is 16.3. The Kier molecular flexibility index (Phi) is 5.40. The molecule has 0 aromatic rings. The average molecular weight is 186 g/mol. The van der Waals surface area contributed by atoms with E-state index in [-0.39, 0.29) is 12.2 Å². The Balaban J connectivity index is 0.000000132. The van der Waals surface area contributed by atoms with Gasteiger partial charge in [0.2, 0.25) is 0 Å². The van der Waals surface area contributed by atoms with E-state index in [1.54, 1.807) is 0 Å². The molecule has 13 heavy (non-hydrogen) atoms. The first-order chi connectivity index (χ1) is 6.29. The zero-order valence-corrected chi connectivity index (χ0v) is 8.41. The SMILES string of the molecule is OC1CCCC1.OC1CCCCC1. The Hall–Kier alpha value is -0.0800. The van der Waals surface area contributed by atoms with E-state index in [1.165, 1.54) is 32.1 Å². The van der Waals surface area contributed by atoms with E-state index >= 15 is 0 Å². The van der Waals surface area contributed by atoms with E-state index in [0.29, 0.717) is 0 Å². The molecular formula is C11H22O2. The maximum atomic E-state index is 8.91.